The van der Waals surface area contributed by atoms with E-state index >= 15 is 0 Å². The van der Waals surface area contributed by atoms with Crippen molar-refractivity contribution in [2.24, 2.45) is 5.92 Å². The van der Waals surface area contributed by atoms with Crippen LogP contribution >= 0.6 is 0 Å². The fraction of sp³-hybridized carbons (Fsp3) is 0.833. The van der Waals surface area contributed by atoms with E-state index in [2.05, 4.69) is 19.9 Å². The Labute approximate surface area is 81.9 Å². The summed E-state index contributed by atoms with van der Waals surface area (Å²) in [4.78, 5) is 0. The van der Waals surface area contributed by atoms with Gasteiger partial charge in [0.15, 0.2) is 0 Å². The number of hydrogen-bond acceptors (Lipinski definition) is 1. The fourth-order valence-corrected chi connectivity index (χ4v) is 2.32. The van der Waals surface area contributed by atoms with E-state index in [0.717, 1.165) is 6.42 Å². The summed E-state index contributed by atoms with van der Waals surface area (Å²) in [5, 5.41) is 9.87. The van der Waals surface area contributed by atoms with Gasteiger partial charge >= 0.3 is 0 Å². The molecule has 13 heavy (non-hydrogen) atoms. The van der Waals surface area contributed by atoms with Crippen molar-refractivity contribution in [1.29, 1.82) is 0 Å². The van der Waals surface area contributed by atoms with Crippen LogP contribution in [0.5, 0.6) is 0 Å². The summed E-state index contributed by atoms with van der Waals surface area (Å²) >= 11 is 0. The maximum absolute atomic E-state index is 9.87. The third-order valence-electron chi connectivity index (χ3n) is 3.21. The van der Waals surface area contributed by atoms with Crippen LogP contribution in [-0.4, -0.2) is 11.2 Å². The molecule has 0 aromatic rings. The number of aliphatic hydroxyl groups is 1. The van der Waals surface area contributed by atoms with Gasteiger partial charge < -0.3 is 5.11 Å². The van der Waals surface area contributed by atoms with Crippen molar-refractivity contribution in [3.05, 3.63) is 11.6 Å². The van der Waals surface area contributed by atoms with Gasteiger partial charge in [-0.1, -0.05) is 31.4 Å². The summed E-state index contributed by atoms with van der Waals surface area (Å²) in [6.45, 7) is 4.18. The van der Waals surface area contributed by atoms with Crippen LogP contribution in [0.3, 0.4) is 0 Å². The molecular weight excluding hydrogens is 160 g/mol. The highest BCUT2D eigenvalue weighted by Crippen LogP contribution is 2.31. The molecule has 0 bridgehead atoms. The van der Waals surface area contributed by atoms with Gasteiger partial charge in [-0.05, 0) is 32.6 Å². The van der Waals surface area contributed by atoms with Gasteiger partial charge in [-0.15, -0.1) is 0 Å². The maximum atomic E-state index is 9.87. The third-order valence-corrected chi connectivity index (χ3v) is 3.21. The lowest BCUT2D eigenvalue weighted by Gasteiger charge is -2.22. The summed E-state index contributed by atoms with van der Waals surface area (Å²) < 4.78 is 0. The van der Waals surface area contributed by atoms with Gasteiger partial charge in [0.05, 0.1) is 6.10 Å². The molecule has 0 saturated heterocycles. The molecule has 0 aromatic heterocycles. The van der Waals surface area contributed by atoms with Crippen LogP contribution in [0.2, 0.25) is 0 Å². The van der Waals surface area contributed by atoms with Gasteiger partial charge in [0, 0.05) is 5.92 Å². The first-order chi connectivity index (χ1) is 6.29. The Kier molecular flexibility index (Phi) is 4.51. The molecular formula is C12H22O. The average molecular weight is 182 g/mol. The van der Waals surface area contributed by atoms with Crippen LogP contribution in [0, 0.1) is 5.92 Å². The van der Waals surface area contributed by atoms with Crippen LogP contribution < -0.4 is 0 Å². The minimum Gasteiger partial charge on any atom is -0.393 e. The van der Waals surface area contributed by atoms with Gasteiger partial charge in [-0.25, -0.2) is 0 Å². The number of aliphatic hydroxyl groups excluding tert-OH is 1. The maximum Gasteiger partial charge on any atom is 0.0602 e. The Morgan fingerprint density at radius 3 is 2.85 bits per heavy atom. The predicted molar refractivity (Wildman–Crippen MR) is 56.6 cm³/mol. The van der Waals surface area contributed by atoms with E-state index < -0.39 is 0 Å². The van der Waals surface area contributed by atoms with Gasteiger partial charge in [-0.3, -0.25) is 0 Å². The van der Waals surface area contributed by atoms with Crippen LogP contribution in [0.15, 0.2) is 11.6 Å². The quantitative estimate of drug-likeness (QED) is 0.513. The Bertz CT molecular complexity index is 172. The van der Waals surface area contributed by atoms with E-state index in [9.17, 15) is 5.11 Å². The van der Waals surface area contributed by atoms with Crippen molar-refractivity contribution in [2.75, 3.05) is 0 Å². The molecule has 1 N–H and O–H groups in total. The molecule has 1 rings (SSSR count). The molecule has 0 amide bonds. The topological polar surface area (TPSA) is 20.2 Å². The van der Waals surface area contributed by atoms with Crippen LogP contribution in [0.25, 0.3) is 0 Å². The third kappa shape index (κ3) is 2.84. The molecule has 1 aliphatic rings. The smallest absolute Gasteiger partial charge is 0.0602 e. The monoisotopic (exact) mass is 182 g/mol. The van der Waals surface area contributed by atoms with E-state index in [0.29, 0.717) is 5.92 Å². The van der Waals surface area contributed by atoms with Gasteiger partial charge in [-0.2, -0.15) is 0 Å². The zero-order valence-electron chi connectivity index (χ0n) is 8.92. The lowest BCUT2D eigenvalue weighted by atomic mass is 9.88. The van der Waals surface area contributed by atoms with Crippen molar-refractivity contribution >= 4 is 0 Å². The van der Waals surface area contributed by atoms with Crippen LogP contribution in [0.1, 0.15) is 52.4 Å². The first-order valence-corrected chi connectivity index (χ1v) is 5.62. The second-order valence-electron chi connectivity index (χ2n) is 4.05. The van der Waals surface area contributed by atoms with E-state index in [4.69, 9.17) is 0 Å². The molecule has 0 spiro atoms. The highest BCUT2D eigenvalue weighted by atomic mass is 16.3. The van der Waals surface area contributed by atoms with E-state index in [1.54, 1.807) is 0 Å². The first kappa shape index (κ1) is 10.8. The lowest BCUT2D eigenvalue weighted by Crippen LogP contribution is -2.20. The van der Waals surface area contributed by atoms with Crippen molar-refractivity contribution in [3.63, 3.8) is 0 Å². The molecule has 0 aromatic carbocycles. The van der Waals surface area contributed by atoms with Gasteiger partial charge in [0.1, 0.15) is 0 Å². The Morgan fingerprint density at radius 2 is 2.23 bits per heavy atom. The summed E-state index contributed by atoms with van der Waals surface area (Å²) in [5.41, 5.74) is 1.49. The minimum atomic E-state index is -0.107. The second-order valence-corrected chi connectivity index (χ2v) is 4.05. The van der Waals surface area contributed by atoms with Crippen molar-refractivity contribution in [1.82, 2.24) is 0 Å². The SMILES string of the molecule is C/C=C1/CCCCCC1C(O)CC. The summed E-state index contributed by atoms with van der Waals surface area (Å²) in [6, 6.07) is 0. The lowest BCUT2D eigenvalue weighted by molar-refractivity contribution is 0.115. The molecule has 1 aliphatic carbocycles. The summed E-state index contributed by atoms with van der Waals surface area (Å²) in [5.74, 6) is 0.456. The van der Waals surface area contributed by atoms with Crippen molar-refractivity contribution in [3.8, 4) is 0 Å². The molecule has 1 nitrogen and oxygen atoms in total. The van der Waals surface area contributed by atoms with Gasteiger partial charge in [0.25, 0.3) is 0 Å². The number of allylic oxidation sites excluding steroid dienone is 1. The highest BCUT2D eigenvalue weighted by molar-refractivity contribution is 5.08. The van der Waals surface area contributed by atoms with E-state index in [1.807, 2.05) is 0 Å². The average Bonchev–Trinajstić information content (AvgIpc) is 2.41. The number of rotatable bonds is 2. The van der Waals surface area contributed by atoms with Gasteiger partial charge in [0.2, 0.25) is 0 Å². The first-order valence-electron chi connectivity index (χ1n) is 5.62. The highest BCUT2D eigenvalue weighted by Gasteiger charge is 2.22. The summed E-state index contributed by atoms with van der Waals surface area (Å²) in [6.07, 6.45) is 9.34. The molecule has 1 heteroatoms. The Morgan fingerprint density at radius 1 is 1.46 bits per heavy atom. The summed E-state index contributed by atoms with van der Waals surface area (Å²) in [7, 11) is 0. The largest absolute Gasteiger partial charge is 0.393 e. The molecule has 76 valence electrons. The van der Waals surface area contributed by atoms with Crippen LogP contribution in [0.4, 0.5) is 0 Å². The van der Waals surface area contributed by atoms with Crippen LogP contribution in [-0.2, 0) is 0 Å². The Balaban J connectivity index is 2.65. The molecule has 0 heterocycles. The minimum absolute atomic E-state index is 0.107. The molecule has 2 atom stereocenters. The van der Waals surface area contributed by atoms with E-state index in [1.165, 1.54) is 37.7 Å². The molecule has 1 fully saturated rings. The fourth-order valence-electron chi connectivity index (χ4n) is 2.32. The predicted octanol–water partition coefficient (Wildman–Crippen LogP) is 3.28. The van der Waals surface area contributed by atoms with Crippen molar-refractivity contribution in [2.45, 2.75) is 58.5 Å². The number of hydrogen-bond donors (Lipinski definition) is 1. The normalized spacial score (nSPS) is 30.1. The molecule has 0 radical (unpaired) electrons. The Hall–Kier alpha value is -0.300. The molecule has 2 unspecified atom stereocenters. The zero-order valence-corrected chi connectivity index (χ0v) is 8.92. The second kappa shape index (κ2) is 5.43. The zero-order chi connectivity index (χ0) is 9.68. The van der Waals surface area contributed by atoms with E-state index in [-0.39, 0.29) is 6.10 Å². The molecule has 1 saturated carbocycles. The standard InChI is InChI=1S/C12H22O/c1-3-10-8-6-5-7-9-11(10)12(13)4-2/h3,11-13H,4-9H2,1-2H3/b10-3-. The molecule has 0 aliphatic heterocycles. The van der Waals surface area contributed by atoms with Crippen molar-refractivity contribution < 1.29 is 5.11 Å².